The van der Waals surface area contributed by atoms with E-state index in [2.05, 4.69) is 4.98 Å². The number of hydrogen-bond acceptors (Lipinski definition) is 3. The number of aromatic amines is 1. The van der Waals surface area contributed by atoms with E-state index in [1.165, 1.54) is 11.3 Å². The monoisotopic (exact) mass is 221 g/mol. The maximum Gasteiger partial charge on any atom is 0.304 e. The molecule has 2 aromatic rings. The van der Waals surface area contributed by atoms with Crippen molar-refractivity contribution in [2.24, 2.45) is 0 Å². The molecule has 3 nitrogen and oxygen atoms in total. The van der Waals surface area contributed by atoms with E-state index in [1.807, 2.05) is 30.5 Å². The highest BCUT2D eigenvalue weighted by Crippen LogP contribution is 2.25. The van der Waals surface area contributed by atoms with Gasteiger partial charge in [0.05, 0.1) is 12.8 Å². The zero-order valence-electron chi connectivity index (χ0n) is 8.53. The fraction of sp³-hybridized carbons (Fsp3) is 0.182. The zero-order chi connectivity index (χ0) is 10.8. The van der Waals surface area contributed by atoms with E-state index in [9.17, 15) is 4.79 Å². The number of aromatic nitrogens is 1. The summed E-state index contributed by atoms with van der Waals surface area (Å²) < 4.78 is 5.12. The molecule has 4 heteroatoms. The molecule has 2 rings (SSSR count). The molecule has 0 unspecified atom stereocenters. The number of aryl methyl sites for hydroxylation is 1. The molecule has 0 saturated carbocycles. The highest BCUT2D eigenvalue weighted by atomic mass is 32.1. The Hall–Kier alpha value is -1.55. The second kappa shape index (κ2) is 3.90. The van der Waals surface area contributed by atoms with Crippen LogP contribution in [0.2, 0.25) is 0 Å². The molecule has 78 valence electrons. The lowest BCUT2D eigenvalue weighted by molar-refractivity contribution is 0.414. The minimum Gasteiger partial charge on any atom is -0.497 e. The average Bonchev–Trinajstić information content (AvgIpc) is 2.64. The van der Waals surface area contributed by atoms with Crippen LogP contribution in [0.25, 0.3) is 11.3 Å². The van der Waals surface area contributed by atoms with Crippen LogP contribution in [0.1, 0.15) is 5.56 Å². The van der Waals surface area contributed by atoms with Crippen LogP contribution < -0.4 is 9.61 Å². The predicted molar refractivity (Wildman–Crippen MR) is 61.7 cm³/mol. The van der Waals surface area contributed by atoms with Gasteiger partial charge in [0.1, 0.15) is 5.75 Å². The molecule has 0 aliphatic rings. The Bertz CT molecular complexity index is 527. The third-order valence-electron chi connectivity index (χ3n) is 2.24. The van der Waals surface area contributed by atoms with Crippen molar-refractivity contribution in [3.63, 3.8) is 0 Å². The second-order valence-corrected chi connectivity index (χ2v) is 4.08. The second-order valence-electron chi connectivity index (χ2n) is 3.24. The van der Waals surface area contributed by atoms with Gasteiger partial charge in [-0.1, -0.05) is 11.3 Å². The Balaban J connectivity index is 2.49. The van der Waals surface area contributed by atoms with Crippen molar-refractivity contribution in [2.75, 3.05) is 7.11 Å². The number of rotatable bonds is 2. The lowest BCUT2D eigenvalue weighted by Crippen LogP contribution is -1.93. The standard InChI is InChI=1S/C11H11NO2S/c1-7-5-8(14-2)3-4-9(7)10-6-15-11(13)12-10/h3-6H,1-2H3,(H,12,13). The quantitative estimate of drug-likeness (QED) is 0.846. The highest BCUT2D eigenvalue weighted by Gasteiger charge is 2.05. The molecular formula is C11H11NO2S. The Morgan fingerprint density at radius 1 is 1.40 bits per heavy atom. The first-order valence-electron chi connectivity index (χ1n) is 4.53. The van der Waals surface area contributed by atoms with Crippen LogP contribution in [-0.4, -0.2) is 12.1 Å². The Kier molecular flexibility index (Phi) is 2.60. The van der Waals surface area contributed by atoms with Crippen LogP contribution in [0, 0.1) is 6.92 Å². The number of ether oxygens (including phenoxy) is 1. The van der Waals surface area contributed by atoms with Gasteiger partial charge in [-0.25, -0.2) is 0 Å². The van der Waals surface area contributed by atoms with Crippen molar-refractivity contribution in [1.82, 2.24) is 4.98 Å². The first kappa shape index (κ1) is 9.98. The normalized spacial score (nSPS) is 10.3. The fourth-order valence-electron chi connectivity index (χ4n) is 1.48. The predicted octanol–water partition coefficient (Wildman–Crippen LogP) is 2.42. The molecule has 1 N–H and O–H groups in total. The molecule has 0 aliphatic carbocycles. The van der Waals surface area contributed by atoms with Crippen molar-refractivity contribution >= 4 is 11.3 Å². The van der Waals surface area contributed by atoms with Crippen LogP contribution in [0.15, 0.2) is 28.4 Å². The van der Waals surface area contributed by atoms with Gasteiger partial charge >= 0.3 is 4.87 Å². The molecule has 0 saturated heterocycles. The SMILES string of the molecule is COc1ccc(-c2csc(=O)[nH]2)c(C)c1. The van der Waals surface area contributed by atoms with Crippen molar-refractivity contribution in [2.45, 2.75) is 6.92 Å². The lowest BCUT2D eigenvalue weighted by Gasteiger charge is -2.05. The number of thiazole rings is 1. The third-order valence-corrected chi connectivity index (χ3v) is 2.91. The van der Waals surface area contributed by atoms with E-state index in [4.69, 9.17) is 4.74 Å². The van der Waals surface area contributed by atoms with E-state index in [1.54, 1.807) is 7.11 Å². The summed E-state index contributed by atoms with van der Waals surface area (Å²) in [4.78, 5) is 13.8. The lowest BCUT2D eigenvalue weighted by atomic mass is 10.1. The molecule has 0 fully saturated rings. The van der Waals surface area contributed by atoms with Crippen molar-refractivity contribution in [3.05, 3.63) is 38.8 Å². The first-order chi connectivity index (χ1) is 7.20. The van der Waals surface area contributed by atoms with Gasteiger partial charge < -0.3 is 9.72 Å². The van der Waals surface area contributed by atoms with E-state index < -0.39 is 0 Å². The van der Waals surface area contributed by atoms with Gasteiger partial charge in [0.15, 0.2) is 0 Å². The molecule has 1 aromatic carbocycles. The minimum atomic E-state index is -0.0276. The Labute approximate surface area is 91.4 Å². The summed E-state index contributed by atoms with van der Waals surface area (Å²) in [6.07, 6.45) is 0. The van der Waals surface area contributed by atoms with Gasteiger partial charge in [-0.15, -0.1) is 0 Å². The van der Waals surface area contributed by atoms with E-state index in [0.717, 1.165) is 22.6 Å². The summed E-state index contributed by atoms with van der Waals surface area (Å²) >= 11 is 1.18. The number of H-pyrrole nitrogens is 1. The number of nitrogens with one attached hydrogen (secondary N) is 1. The topological polar surface area (TPSA) is 42.1 Å². The first-order valence-corrected chi connectivity index (χ1v) is 5.41. The Morgan fingerprint density at radius 3 is 2.73 bits per heavy atom. The average molecular weight is 221 g/mol. The summed E-state index contributed by atoms with van der Waals surface area (Å²) in [6, 6.07) is 5.79. The van der Waals surface area contributed by atoms with Gasteiger partial charge in [0.2, 0.25) is 0 Å². The molecule has 0 aliphatic heterocycles. The number of methoxy groups -OCH3 is 1. The van der Waals surface area contributed by atoms with Crippen LogP contribution >= 0.6 is 11.3 Å². The molecule has 0 amide bonds. The van der Waals surface area contributed by atoms with Crippen LogP contribution in [0.5, 0.6) is 5.75 Å². The summed E-state index contributed by atoms with van der Waals surface area (Å²) in [7, 11) is 1.64. The Morgan fingerprint density at radius 2 is 2.20 bits per heavy atom. The fourth-order valence-corrected chi connectivity index (χ4v) is 2.06. The van der Waals surface area contributed by atoms with E-state index in [0.29, 0.717) is 0 Å². The third kappa shape index (κ3) is 1.94. The van der Waals surface area contributed by atoms with Gasteiger partial charge in [0.25, 0.3) is 0 Å². The van der Waals surface area contributed by atoms with Crippen molar-refractivity contribution < 1.29 is 4.74 Å². The number of hydrogen-bond donors (Lipinski definition) is 1. The summed E-state index contributed by atoms with van der Waals surface area (Å²) in [5.74, 6) is 0.828. The highest BCUT2D eigenvalue weighted by molar-refractivity contribution is 7.07. The molecule has 0 radical (unpaired) electrons. The van der Waals surface area contributed by atoms with E-state index in [-0.39, 0.29) is 4.87 Å². The molecule has 0 bridgehead atoms. The van der Waals surface area contributed by atoms with Crippen LogP contribution in [0.3, 0.4) is 0 Å². The molecular weight excluding hydrogens is 210 g/mol. The summed E-state index contributed by atoms with van der Waals surface area (Å²) in [5.41, 5.74) is 2.99. The molecule has 1 heterocycles. The maximum absolute atomic E-state index is 11.0. The zero-order valence-corrected chi connectivity index (χ0v) is 9.35. The van der Waals surface area contributed by atoms with Gasteiger partial charge in [-0.3, -0.25) is 4.79 Å². The van der Waals surface area contributed by atoms with Crippen LogP contribution in [0.4, 0.5) is 0 Å². The summed E-state index contributed by atoms with van der Waals surface area (Å²) in [6.45, 7) is 1.99. The van der Waals surface area contributed by atoms with Crippen LogP contribution in [-0.2, 0) is 0 Å². The number of benzene rings is 1. The maximum atomic E-state index is 11.0. The largest absolute Gasteiger partial charge is 0.497 e. The smallest absolute Gasteiger partial charge is 0.304 e. The summed E-state index contributed by atoms with van der Waals surface area (Å²) in [5, 5.41) is 1.83. The van der Waals surface area contributed by atoms with E-state index >= 15 is 0 Å². The molecule has 0 atom stereocenters. The molecule has 0 spiro atoms. The van der Waals surface area contributed by atoms with Crippen molar-refractivity contribution in [1.29, 1.82) is 0 Å². The molecule has 1 aromatic heterocycles. The minimum absolute atomic E-state index is 0.0276. The van der Waals surface area contributed by atoms with Gasteiger partial charge in [-0.05, 0) is 30.7 Å². The molecule has 15 heavy (non-hydrogen) atoms. The van der Waals surface area contributed by atoms with Crippen molar-refractivity contribution in [3.8, 4) is 17.0 Å². The van der Waals surface area contributed by atoms with Gasteiger partial charge in [0, 0.05) is 10.9 Å². The van der Waals surface area contributed by atoms with Gasteiger partial charge in [-0.2, -0.15) is 0 Å².